The van der Waals surface area contributed by atoms with Crippen LogP contribution in [0.3, 0.4) is 0 Å². The number of aliphatic imine (C=N–C) groups is 2. The molecule has 0 radical (unpaired) electrons. The van der Waals surface area contributed by atoms with E-state index in [4.69, 9.17) is 5.73 Å². The number of sulfonamides is 2. The molecule has 7 rings (SSSR count). The molecule has 0 bridgehead atoms. The van der Waals surface area contributed by atoms with Crippen molar-refractivity contribution in [1.29, 1.82) is 0 Å². The Bertz CT molecular complexity index is 3660. The van der Waals surface area contributed by atoms with E-state index in [1.54, 1.807) is 35.0 Å². The minimum absolute atomic E-state index is 0.0347. The molecule has 6 aromatic rings. The van der Waals surface area contributed by atoms with E-state index in [9.17, 15) is 40.8 Å². The van der Waals surface area contributed by atoms with E-state index in [0.29, 0.717) is 16.2 Å². The molecule has 5 heterocycles. The van der Waals surface area contributed by atoms with Crippen LogP contribution >= 0.6 is 22.7 Å². The quantitative estimate of drug-likeness (QED) is 0.0426. The number of nitrogens with zero attached hydrogens (tertiary/aromatic N) is 7. The first kappa shape index (κ1) is 53.7. The number of rotatable bonds is 18. The van der Waals surface area contributed by atoms with Gasteiger partial charge in [0.05, 0.1) is 64.0 Å². The summed E-state index contributed by atoms with van der Waals surface area (Å²) in [6, 6.07) is 15.3. The summed E-state index contributed by atoms with van der Waals surface area (Å²) in [5, 5.41) is 36.1. The Balaban J connectivity index is 1.27. The topological polar surface area (TPSA) is 300 Å². The molecule has 0 fully saturated rings. The third kappa shape index (κ3) is 12.6. The molecule has 1 aliphatic rings. The fourth-order valence-electron chi connectivity index (χ4n) is 7.43. The predicted molar refractivity (Wildman–Crippen MR) is 286 cm³/mol. The van der Waals surface area contributed by atoms with Gasteiger partial charge in [-0.15, -0.1) is 22.7 Å². The van der Waals surface area contributed by atoms with Crippen LogP contribution in [0, 0.1) is 10.8 Å². The zero-order valence-electron chi connectivity index (χ0n) is 40.5. The third-order valence-electron chi connectivity index (χ3n) is 11.3. The van der Waals surface area contributed by atoms with Crippen LogP contribution in [-0.4, -0.2) is 91.2 Å². The van der Waals surface area contributed by atoms with Crippen molar-refractivity contribution < 1.29 is 35.5 Å². The van der Waals surface area contributed by atoms with Gasteiger partial charge in [0.2, 0.25) is 20.0 Å². The Morgan fingerprint density at radius 1 is 0.806 bits per heavy atom. The molecule has 20 nitrogen and oxygen atoms in total. The van der Waals surface area contributed by atoms with E-state index in [1.165, 1.54) is 70.0 Å². The van der Waals surface area contributed by atoms with Gasteiger partial charge in [-0.1, -0.05) is 46.8 Å². The Labute approximate surface area is 427 Å². The number of nitrogens with one attached hydrogen (secondary N) is 2. The lowest BCUT2D eigenvalue weighted by atomic mass is 9.86. The van der Waals surface area contributed by atoms with E-state index < -0.39 is 74.4 Å². The van der Waals surface area contributed by atoms with Crippen LogP contribution in [0.5, 0.6) is 11.5 Å². The molecular weight excluding hydrogens is 1040 g/mol. The number of amidine groups is 2. The maximum atomic E-state index is 15.6. The SMILES string of the molecule is CS(=O)c1cc(NS(C)(=O)=O)ccc1N=C(N)c1c(O)c(-c2cccs2)nn(CCC(C)(C)CCS2(=O)=NC(c3c(O)c(-c4cccs4)nn(CCC(C)(C)C)c3=O)=Nc3ccc(NS(C)(=O)=O)cc32)c1=O. The maximum absolute atomic E-state index is 15.6. The summed E-state index contributed by atoms with van der Waals surface area (Å²) >= 11 is 2.55. The molecule has 72 heavy (non-hydrogen) atoms. The first-order chi connectivity index (χ1) is 33.5. The van der Waals surface area contributed by atoms with Gasteiger partial charge in [0.25, 0.3) is 11.1 Å². The molecule has 0 aliphatic carbocycles. The van der Waals surface area contributed by atoms with E-state index >= 15 is 4.21 Å². The van der Waals surface area contributed by atoms with Crippen molar-refractivity contribution >= 4 is 97.7 Å². The highest BCUT2D eigenvalue weighted by Crippen LogP contribution is 2.40. The number of aromatic nitrogens is 4. The number of hydrogen-bond donors (Lipinski definition) is 5. The van der Waals surface area contributed by atoms with Gasteiger partial charge in [0.1, 0.15) is 28.4 Å². The van der Waals surface area contributed by atoms with Crippen molar-refractivity contribution in [3.05, 3.63) is 103 Å². The first-order valence-electron chi connectivity index (χ1n) is 22.0. The van der Waals surface area contributed by atoms with E-state index in [1.807, 2.05) is 34.6 Å². The highest BCUT2D eigenvalue weighted by Gasteiger charge is 2.32. The molecular formula is C46H54N10O10S6. The molecule has 2 atom stereocenters. The fourth-order valence-corrected chi connectivity index (χ4v) is 13.1. The minimum Gasteiger partial charge on any atom is -0.505 e. The molecule has 2 unspecified atom stereocenters. The van der Waals surface area contributed by atoms with Gasteiger partial charge < -0.3 is 15.9 Å². The van der Waals surface area contributed by atoms with Crippen molar-refractivity contribution in [1.82, 2.24) is 19.6 Å². The average molecular weight is 1100 g/mol. The molecule has 6 N–H and O–H groups in total. The van der Waals surface area contributed by atoms with Gasteiger partial charge in [-0.25, -0.2) is 40.4 Å². The second-order valence-corrected chi connectivity index (χ2v) is 28.1. The number of benzene rings is 2. The Morgan fingerprint density at radius 2 is 1.36 bits per heavy atom. The van der Waals surface area contributed by atoms with Gasteiger partial charge in [-0.05, 0) is 89.4 Å². The summed E-state index contributed by atoms with van der Waals surface area (Å²) in [6.45, 7) is 9.96. The van der Waals surface area contributed by atoms with E-state index in [2.05, 4.69) is 34.0 Å². The number of anilines is 2. The summed E-state index contributed by atoms with van der Waals surface area (Å²) < 4.78 is 88.7. The Hall–Kier alpha value is -6.06. The molecule has 0 saturated heterocycles. The summed E-state index contributed by atoms with van der Waals surface area (Å²) in [5.41, 5.74) is 3.96. The van der Waals surface area contributed by atoms with Crippen molar-refractivity contribution in [3.63, 3.8) is 0 Å². The van der Waals surface area contributed by atoms with Gasteiger partial charge in [-0.3, -0.25) is 23.2 Å². The molecule has 0 spiro atoms. The van der Waals surface area contributed by atoms with Crippen LogP contribution in [0.4, 0.5) is 22.7 Å². The number of aromatic hydroxyl groups is 2. The summed E-state index contributed by atoms with van der Waals surface area (Å²) in [4.78, 5) is 39.0. The molecule has 2 aromatic carbocycles. The van der Waals surface area contributed by atoms with Crippen LogP contribution in [0.1, 0.15) is 65.0 Å². The van der Waals surface area contributed by atoms with Gasteiger partial charge >= 0.3 is 0 Å². The lowest BCUT2D eigenvalue weighted by Crippen LogP contribution is -2.34. The Morgan fingerprint density at radius 3 is 1.92 bits per heavy atom. The third-order valence-corrected chi connectivity index (χ3v) is 17.4. The van der Waals surface area contributed by atoms with E-state index in [0.717, 1.165) is 17.2 Å². The number of aryl methyl sites for hydroxylation is 2. The van der Waals surface area contributed by atoms with Crippen LogP contribution < -0.4 is 26.3 Å². The highest BCUT2D eigenvalue weighted by molar-refractivity contribution is 7.94. The molecule has 0 amide bonds. The minimum atomic E-state index is -3.77. The summed E-state index contributed by atoms with van der Waals surface area (Å²) in [7, 11) is -12.8. The number of thiophene rings is 2. The lowest BCUT2D eigenvalue weighted by molar-refractivity contribution is 0.293. The number of hydrogen-bond acceptors (Lipinski definition) is 17. The molecule has 1 aliphatic heterocycles. The Kier molecular flexibility index (Phi) is 15.3. The maximum Gasteiger partial charge on any atom is 0.281 e. The van der Waals surface area contributed by atoms with Crippen LogP contribution in [0.2, 0.25) is 0 Å². The normalized spacial score (nSPS) is 15.9. The van der Waals surface area contributed by atoms with E-state index in [-0.39, 0.29) is 98.0 Å². The second-order valence-electron chi connectivity index (χ2n) is 19.1. The van der Waals surface area contributed by atoms with Crippen molar-refractivity contribution in [2.75, 3.05) is 34.0 Å². The highest BCUT2D eigenvalue weighted by atomic mass is 32.2. The van der Waals surface area contributed by atoms with Gasteiger partial charge in [0, 0.05) is 36.5 Å². The lowest BCUT2D eigenvalue weighted by Gasteiger charge is -2.27. The smallest absolute Gasteiger partial charge is 0.281 e. The number of nitrogens with two attached hydrogens (primary N) is 1. The van der Waals surface area contributed by atoms with Crippen LogP contribution in [0.15, 0.2) is 105 Å². The average Bonchev–Trinajstić information content (AvgIpc) is 4.01. The fraction of sp³-hybridized carbons (Fsp3) is 0.348. The van der Waals surface area contributed by atoms with Crippen LogP contribution in [0.25, 0.3) is 21.1 Å². The predicted octanol–water partition coefficient (Wildman–Crippen LogP) is 7.05. The zero-order chi connectivity index (χ0) is 52.7. The zero-order valence-corrected chi connectivity index (χ0v) is 45.4. The van der Waals surface area contributed by atoms with Crippen molar-refractivity contribution in [2.45, 2.75) is 76.8 Å². The standard InChI is InChI=1S/C46H54N10O10S6/c1-45(2,3)17-20-55-44(60)36(40(58)38(51-55)32-12-10-23-68-32)42-49-30-16-14-28(53-71(8,64)65)26-34(30)72(66,54-42)24-19-46(4,5)18-21-56-43(59)35(39(57)37(50-56)31-11-9-22-67-31)41(47)48-29-15-13-27(52-70(7,62)63)25-33(29)69(6)61/h9-16,22-23,25-26,52-53,57-58H,17-21,24H2,1-8H3,(H2,47,48). The molecule has 384 valence electrons. The second kappa shape index (κ2) is 20.5. The van der Waals surface area contributed by atoms with Gasteiger partial charge in [0.15, 0.2) is 17.3 Å². The summed E-state index contributed by atoms with van der Waals surface area (Å²) in [6.07, 6.45) is 4.26. The summed E-state index contributed by atoms with van der Waals surface area (Å²) in [5.74, 6) is -1.90. The van der Waals surface area contributed by atoms with Crippen LogP contribution in [-0.2, 0) is 53.7 Å². The van der Waals surface area contributed by atoms with Crippen molar-refractivity contribution in [3.8, 4) is 32.6 Å². The molecule has 0 saturated carbocycles. The van der Waals surface area contributed by atoms with Gasteiger partial charge in [-0.2, -0.15) is 14.6 Å². The molecule has 4 aromatic heterocycles. The monoisotopic (exact) mass is 1100 g/mol. The molecule has 26 heteroatoms. The number of fused-ring (bicyclic) bond motifs is 1. The van der Waals surface area contributed by atoms with Crippen molar-refractivity contribution in [2.24, 2.45) is 30.9 Å². The first-order valence-corrected chi connectivity index (χ1v) is 30.8. The largest absolute Gasteiger partial charge is 0.505 e.